The highest BCUT2D eigenvalue weighted by Gasteiger charge is 2.06. The van der Waals surface area contributed by atoms with E-state index in [2.05, 4.69) is 26.2 Å². The first kappa shape index (κ1) is 14.2. The van der Waals surface area contributed by atoms with Crippen LogP contribution in [0.15, 0.2) is 41.0 Å². The summed E-state index contributed by atoms with van der Waals surface area (Å²) in [7, 11) is 3.95. The molecule has 1 aromatic carbocycles. The maximum Gasteiger partial charge on any atom is 0.151 e. The summed E-state index contributed by atoms with van der Waals surface area (Å²) in [6.07, 6.45) is 1.79. The average Bonchev–Trinajstić information content (AvgIpc) is 2.40. The molecule has 0 atom stereocenters. The van der Waals surface area contributed by atoms with Gasteiger partial charge in [-0.1, -0.05) is 27.5 Å². The van der Waals surface area contributed by atoms with E-state index in [0.717, 1.165) is 26.6 Å². The van der Waals surface area contributed by atoms with Crippen molar-refractivity contribution in [2.45, 2.75) is 6.54 Å². The van der Waals surface area contributed by atoms with E-state index in [1.165, 1.54) is 0 Å². The summed E-state index contributed by atoms with van der Waals surface area (Å²) in [4.78, 5) is 6.34. The Morgan fingerprint density at radius 2 is 2.11 bits per heavy atom. The molecule has 0 aliphatic heterocycles. The van der Waals surface area contributed by atoms with Crippen LogP contribution < -0.4 is 10.2 Å². The monoisotopic (exact) mass is 339 g/mol. The van der Waals surface area contributed by atoms with Gasteiger partial charge in [-0.05, 0) is 35.9 Å². The van der Waals surface area contributed by atoms with E-state index in [0.29, 0.717) is 6.54 Å². The molecule has 0 radical (unpaired) electrons. The third-order valence-electron chi connectivity index (χ3n) is 2.69. The molecule has 0 bridgehead atoms. The Kier molecular flexibility index (Phi) is 4.66. The zero-order chi connectivity index (χ0) is 13.8. The van der Waals surface area contributed by atoms with Crippen LogP contribution in [0.3, 0.4) is 0 Å². The van der Waals surface area contributed by atoms with Crippen molar-refractivity contribution in [2.75, 3.05) is 24.3 Å². The standard InChI is InChI=1S/C14H15BrClN3/c1-19(2)14-13(4-3-7-17-14)18-9-10-8-11(16)5-6-12(10)15/h3-8,18H,9H2,1-2H3. The molecule has 0 aliphatic rings. The predicted octanol–water partition coefficient (Wildman–Crippen LogP) is 4.18. The number of benzene rings is 1. The number of anilines is 2. The molecular formula is C14H15BrClN3. The van der Waals surface area contributed by atoms with E-state index in [1.807, 2.05) is 49.3 Å². The number of hydrogen-bond acceptors (Lipinski definition) is 3. The van der Waals surface area contributed by atoms with Crippen LogP contribution in [-0.4, -0.2) is 19.1 Å². The highest BCUT2D eigenvalue weighted by molar-refractivity contribution is 9.10. The molecule has 0 fully saturated rings. The lowest BCUT2D eigenvalue weighted by atomic mass is 10.2. The number of rotatable bonds is 4. The van der Waals surface area contributed by atoms with Gasteiger partial charge < -0.3 is 10.2 Å². The summed E-state index contributed by atoms with van der Waals surface area (Å²) in [5.74, 6) is 0.917. The molecule has 0 aliphatic carbocycles. The summed E-state index contributed by atoms with van der Waals surface area (Å²) in [5, 5.41) is 4.12. The molecule has 0 spiro atoms. The number of pyridine rings is 1. The fourth-order valence-electron chi connectivity index (χ4n) is 1.76. The summed E-state index contributed by atoms with van der Waals surface area (Å²) in [6.45, 7) is 0.688. The van der Waals surface area contributed by atoms with Crippen LogP contribution in [0.25, 0.3) is 0 Å². The molecule has 0 saturated carbocycles. The van der Waals surface area contributed by atoms with Crippen LogP contribution in [0, 0.1) is 0 Å². The third-order valence-corrected chi connectivity index (χ3v) is 3.70. The molecule has 19 heavy (non-hydrogen) atoms. The van der Waals surface area contributed by atoms with Gasteiger partial charge in [-0.2, -0.15) is 0 Å². The van der Waals surface area contributed by atoms with Crippen molar-refractivity contribution in [1.82, 2.24) is 4.98 Å². The molecular weight excluding hydrogens is 326 g/mol. The van der Waals surface area contributed by atoms with Crippen LogP contribution in [0.5, 0.6) is 0 Å². The molecule has 3 nitrogen and oxygen atoms in total. The summed E-state index contributed by atoms with van der Waals surface area (Å²) in [6, 6.07) is 9.70. The van der Waals surface area contributed by atoms with Crippen molar-refractivity contribution < 1.29 is 0 Å². The van der Waals surface area contributed by atoms with Crippen molar-refractivity contribution in [1.29, 1.82) is 0 Å². The van der Waals surface area contributed by atoms with Gasteiger partial charge in [0.2, 0.25) is 0 Å². The van der Waals surface area contributed by atoms with Crippen molar-refractivity contribution >= 4 is 39.0 Å². The predicted molar refractivity (Wildman–Crippen MR) is 85.0 cm³/mol. The lowest BCUT2D eigenvalue weighted by Gasteiger charge is -2.17. The zero-order valence-corrected chi connectivity index (χ0v) is 13.2. The number of nitrogens with one attached hydrogen (secondary N) is 1. The zero-order valence-electron chi connectivity index (χ0n) is 10.8. The molecule has 2 rings (SSSR count). The lowest BCUT2D eigenvalue weighted by Crippen LogP contribution is -2.13. The van der Waals surface area contributed by atoms with Crippen LogP contribution in [0.1, 0.15) is 5.56 Å². The first-order valence-electron chi connectivity index (χ1n) is 5.88. The molecule has 5 heteroatoms. The van der Waals surface area contributed by atoms with Gasteiger partial charge in [-0.3, -0.25) is 0 Å². The first-order chi connectivity index (χ1) is 9.08. The molecule has 1 N–H and O–H groups in total. The second-order valence-electron chi connectivity index (χ2n) is 4.36. The molecule has 100 valence electrons. The maximum atomic E-state index is 6.01. The fraction of sp³-hybridized carbons (Fsp3) is 0.214. The van der Waals surface area contributed by atoms with Gasteiger partial charge in [0, 0.05) is 36.3 Å². The van der Waals surface area contributed by atoms with E-state index >= 15 is 0 Å². The van der Waals surface area contributed by atoms with Gasteiger partial charge in [0.15, 0.2) is 5.82 Å². The number of hydrogen-bond donors (Lipinski definition) is 1. The van der Waals surface area contributed by atoms with E-state index in [1.54, 1.807) is 6.20 Å². The fourth-order valence-corrected chi connectivity index (χ4v) is 2.34. The molecule has 1 aromatic heterocycles. The van der Waals surface area contributed by atoms with Crippen LogP contribution in [0.2, 0.25) is 5.02 Å². The average molecular weight is 341 g/mol. The maximum absolute atomic E-state index is 6.01. The summed E-state index contributed by atoms with van der Waals surface area (Å²) >= 11 is 9.54. The minimum absolute atomic E-state index is 0.688. The smallest absolute Gasteiger partial charge is 0.151 e. The second kappa shape index (κ2) is 6.26. The highest BCUT2D eigenvalue weighted by atomic mass is 79.9. The van der Waals surface area contributed by atoms with E-state index in [9.17, 15) is 0 Å². The number of aromatic nitrogens is 1. The second-order valence-corrected chi connectivity index (χ2v) is 5.65. The number of nitrogens with zero attached hydrogens (tertiary/aromatic N) is 2. The van der Waals surface area contributed by atoms with Crippen LogP contribution in [0.4, 0.5) is 11.5 Å². The lowest BCUT2D eigenvalue weighted by molar-refractivity contribution is 1.05. The van der Waals surface area contributed by atoms with Gasteiger partial charge >= 0.3 is 0 Å². The number of halogens is 2. The van der Waals surface area contributed by atoms with Crippen LogP contribution in [-0.2, 0) is 6.54 Å². The molecule has 2 aromatic rings. The largest absolute Gasteiger partial charge is 0.378 e. The Morgan fingerprint density at radius 3 is 2.84 bits per heavy atom. The van der Waals surface area contributed by atoms with Crippen molar-refractivity contribution in [2.24, 2.45) is 0 Å². The Labute approximate surface area is 126 Å². The Morgan fingerprint density at radius 1 is 1.32 bits per heavy atom. The minimum Gasteiger partial charge on any atom is -0.378 e. The van der Waals surface area contributed by atoms with E-state index in [-0.39, 0.29) is 0 Å². The SMILES string of the molecule is CN(C)c1ncccc1NCc1cc(Cl)ccc1Br. The van der Waals surface area contributed by atoms with E-state index < -0.39 is 0 Å². The van der Waals surface area contributed by atoms with E-state index in [4.69, 9.17) is 11.6 Å². The minimum atomic E-state index is 0.688. The Bertz CT molecular complexity index is 572. The van der Waals surface area contributed by atoms with Gasteiger partial charge in [0.1, 0.15) is 0 Å². The Balaban J connectivity index is 2.17. The molecule has 0 saturated heterocycles. The van der Waals surface area contributed by atoms with Gasteiger partial charge in [-0.25, -0.2) is 4.98 Å². The van der Waals surface area contributed by atoms with Crippen molar-refractivity contribution in [3.8, 4) is 0 Å². The third kappa shape index (κ3) is 3.61. The van der Waals surface area contributed by atoms with Crippen molar-refractivity contribution in [3.63, 3.8) is 0 Å². The normalized spacial score (nSPS) is 10.3. The van der Waals surface area contributed by atoms with Crippen LogP contribution >= 0.6 is 27.5 Å². The molecule has 0 unspecified atom stereocenters. The first-order valence-corrected chi connectivity index (χ1v) is 7.05. The van der Waals surface area contributed by atoms with Gasteiger partial charge in [0.05, 0.1) is 5.69 Å². The topological polar surface area (TPSA) is 28.2 Å². The Hall–Kier alpha value is -1.26. The quantitative estimate of drug-likeness (QED) is 0.905. The van der Waals surface area contributed by atoms with Gasteiger partial charge in [0.25, 0.3) is 0 Å². The molecule has 1 heterocycles. The van der Waals surface area contributed by atoms with Crippen molar-refractivity contribution in [3.05, 3.63) is 51.6 Å². The highest BCUT2D eigenvalue weighted by Crippen LogP contribution is 2.25. The summed E-state index contributed by atoms with van der Waals surface area (Å²) in [5.41, 5.74) is 2.11. The van der Waals surface area contributed by atoms with Gasteiger partial charge in [-0.15, -0.1) is 0 Å². The molecule has 0 amide bonds. The summed E-state index contributed by atoms with van der Waals surface area (Å²) < 4.78 is 1.04.